The lowest BCUT2D eigenvalue weighted by Crippen LogP contribution is -3.00. The van der Waals surface area contributed by atoms with Crippen molar-refractivity contribution in [3.05, 3.63) is 139 Å². The fraction of sp³-hybridized carbons (Fsp3) is 0. The van der Waals surface area contributed by atoms with E-state index in [9.17, 15) is 4.79 Å². The second kappa shape index (κ2) is 11.4. The standard InChI is InChI=1S/C27H24N3OP.ClH/c28-29-21-26(30-27(31)22-13-5-1-6-14-22)32(23-15-7-2-8-16-23,24-17-9-3-10-18-24)25-19-11-4-12-20-25;/h1-21,29H,28H2;1H. The normalized spacial score (nSPS) is 11.2. The summed E-state index contributed by atoms with van der Waals surface area (Å²) >= 11 is 0. The lowest BCUT2D eigenvalue weighted by Gasteiger charge is -2.29. The van der Waals surface area contributed by atoms with Crippen molar-refractivity contribution in [2.75, 3.05) is 0 Å². The maximum Gasteiger partial charge on any atom is 0.258 e. The van der Waals surface area contributed by atoms with Gasteiger partial charge in [-0.05, 0) is 48.5 Å². The van der Waals surface area contributed by atoms with Gasteiger partial charge in [-0.25, -0.2) is 0 Å². The van der Waals surface area contributed by atoms with Crippen molar-refractivity contribution in [1.82, 2.24) is 10.7 Å². The van der Waals surface area contributed by atoms with E-state index in [2.05, 4.69) is 47.1 Å². The SMILES string of the molecule is NNC=C(NC(=O)c1ccccc1)[P+](c1ccccc1)(c1ccccc1)c1ccccc1.[Cl-]. The summed E-state index contributed by atoms with van der Waals surface area (Å²) in [5.41, 5.74) is 4.01. The molecule has 0 radical (unpaired) electrons. The van der Waals surface area contributed by atoms with Gasteiger partial charge in [0.25, 0.3) is 5.91 Å². The molecule has 1 amide bonds. The van der Waals surface area contributed by atoms with Crippen molar-refractivity contribution in [2.24, 2.45) is 5.84 Å². The Balaban J connectivity index is 0.00000306. The molecule has 4 rings (SSSR count). The van der Waals surface area contributed by atoms with E-state index in [0.717, 1.165) is 21.4 Å². The number of nitrogens with two attached hydrogens (primary N) is 1. The van der Waals surface area contributed by atoms with Gasteiger partial charge in [-0.1, -0.05) is 72.8 Å². The predicted molar refractivity (Wildman–Crippen MR) is 134 cm³/mol. The van der Waals surface area contributed by atoms with Gasteiger partial charge in [-0.2, -0.15) is 0 Å². The average Bonchev–Trinajstić information content (AvgIpc) is 2.87. The Kier molecular flexibility index (Phi) is 8.39. The topological polar surface area (TPSA) is 67.2 Å². The summed E-state index contributed by atoms with van der Waals surface area (Å²) in [6, 6.07) is 40.1. The molecule has 0 unspecified atom stereocenters. The van der Waals surface area contributed by atoms with Gasteiger partial charge < -0.3 is 17.8 Å². The summed E-state index contributed by atoms with van der Waals surface area (Å²) in [5.74, 6) is 5.63. The van der Waals surface area contributed by atoms with Crippen molar-refractivity contribution >= 4 is 29.1 Å². The van der Waals surface area contributed by atoms with Crippen LogP contribution in [-0.4, -0.2) is 5.91 Å². The van der Waals surface area contributed by atoms with Gasteiger partial charge in [0.15, 0.2) is 12.7 Å². The number of carbonyl (C=O) groups excluding carboxylic acids is 1. The number of rotatable bonds is 7. The van der Waals surface area contributed by atoms with Gasteiger partial charge in [0.05, 0.1) is 6.20 Å². The first-order valence-corrected chi connectivity index (χ1v) is 12.1. The summed E-state index contributed by atoms with van der Waals surface area (Å²) in [5, 5.41) is 6.55. The molecule has 166 valence electrons. The second-order valence-corrected chi connectivity index (χ2v) is 10.6. The van der Waals surface area contributed by atoms with Gasteiger partial charge in [0.2, 0.25) is 0 Å². The molecule has 4 aromatic carbocycles. The Morgan fingerprint density at radius 2 is 1.00 bits per heavy atom. The van der Waals surface area contributed by atoms with Crippen LogP contribution in [0.15, 0.2) is 133 Å². The minimum Gasteiger partial charge on any atom is -1.00 e. The molecule has 0 heterocycles. The summed E-state index contributed by atoms with van der Waals surface area (Å²) in [4.78, 5) is 13.3. The molecule has 4 aromatic rings. The molecule has 0 saturated heterocycles. The highest BCUT2D eigenvalue weighted by Crippen LogP contribution is 2.61. The molecule has 0 aromatic heterocycles. The Morgan fingerprint density at radius 3 is 1.36 bits per heavy atom. The van der Waals surface area contributed by atoms with Gasteiger partial charge in [-0.15, -0.1) is 0 Å². The first kappa shape index (κ1) is 24.2. The van der Waals surface area contributed by atoms with Crippen LogP contribution in [0.2, 0.25) is 0 Å². The van der Waals surface area contributed by atoms with E-state index < -0.39 is 7.26 Å². The quantitative estimate of drug-likeness (QED) is 0.210. The second-order valence-electron chi connectivity index (χ2n) is 7.19. The van der Waals surface area contributed by atoms with Gasteiger partial charge in [0.1, 0.15) is 15.9 Å². The lowest BCUT2D eigenvalue weighted by atomic mass is 10.2. The van der Waals surface area contributed by atoms with Crippen LogP contribution >= 0.6 is 7.26 Å². The van der Waals surface area contributed by atoms with E-state index in [1.165, 1.54) is 0 Å². The predicted octanol–water partition coefficient (Wildman–Crippen LogP) is 0.677. The van der Waals surface area contributed by atoms with Crippen LogP contribution in [0.1, 0.15) is 10.4 Å². The molecule has 0 aliphatic carbocycles. The van der Waals surface area contributed by atoms with Crippen molar-refractivity contribution in [3.63, 3.8) is 0 Å². The minimum absolute atomic E-state index is 0. The molecule has 0 fully saturated rings. The molecule has 0 saturated carbocycles. The Morgan fingerprint density at radius 1 is 0.636 bits per heavy atom. The van der Waals surface area contributed by atoms with E-state index in [4.69, 9.17) is 5.84 Å². The molecule has 0 spiro atoms. The third kappa shape index (κ3) is 4.99. The van der Waals surface area contributed by atoms with E-state index in [1.807, 2.05) is 72.8 Å². The van der Waals surface area contributed by atoms with Crippen LogP contribution in [-0.2, 0) is 0 Å². The number of amides is 1. The molecule has 33 heavy (non-hydrogen) atoms. The van der Waals surface area contributed by atoms with Gasteiger partial charge >= 0.3 is 0 Å². The third-order valence-corrected chi connectivity index (χ3v) is 9.47. The molecule has 0 aliphatic heterocycles. The zero-order valence-corrected chi connectivity index (χ0v) is 19.6. The third-order valence-electron chi connectivity index (χ3n) is 5.29. The maximum absolute atomic E-state index is 13.3. The number of nitrogens with one attached hydrogen (secondary N) is 2. The summed E-state index contributed by atoms with van der Waals surface area (Å²) in [7, 11) is -2.47. The van der Waals surface area contributed by atoms with Crippen LogP contribution in [0.5, 0.6) is 0 Å². The summed E-state index contributed by atoms with van der Waals surface area (Å²) < 4.78 is 0. The Hall–Kier alpha value is -3.43. The van der Waals surface area contributed by atoms with Gasteiger partial charge in [-0.3, -0.25) is 16.0 Å². The summed E-state index contributed by atoms with van der Waals surface area (Å²) in [6.45, 7) is 0. The number of benzene rings is 4. The number of hydrogen-bond acceptors (Lipinski definition) is 3. The number of hydrazine groups is 1. The number of halogens is 1. The molecule has 4 nitrogen and oxygen atoms in total. The van der Waals surface area contributed by atoms with Gasteiger partial charge in [0, 0.05) is 5.56 Å². The zero-order valence-electron chi connectivity index (χ0n) is 17.9. The number of hydrogen-bond donors (Lipinski definition) is 3. The van der Waals surface area contributed by atoms with Crippen LogP contribution in [0, 0.1) is 0 Å². The smallest absolute Gasteiger partial charge is 0.258 e. The van der Waals surface area contributed by atoms with E-state index in [1.54, 1.807) is 18.3 Å². The highest BCUT2D eigenvalue weighted by atomic mass is 35.5. The van der Waals surface area contributed by atoms with Crippen LogP contribution in [0.3, 0.4) is 0 Å². The monoisotopic (exact) mass is 473 g/mol. The van der Waals surface area contributed by atoms with E-state index >= 15 is 0 Å². The van der Waals surface area contributed by atoms with Crippen molar-refractivity contribution in [1.29, 1.82) is 0 Å². The van der Waals surface area contributed by atoms with Crippen molar-refractivity contribution in [3.8, 4) is 0 Å². The molecule has 0 bridgehead atoms. The lowest BCUT2D eigenvalue weighted by molar-refractivity contribution is -0.0000145. The van der Waals surface area contributed by atoms with Crippen molar-refractivity contribution in [2.45, 2.75) is 0 Å². The molecule has 0 aliphatic rings. The first-order valence-electron chi connectivity index (χ1n) is 10.4. The van der Waals surface area contributed by atoms with Crippen LogP contribution in [0.4, 0.5) is 0 Å². The molecule has 0 atom stereocenters. The Labute approximate surface area is 201 Å². The first-order chi connectivity index (χ1) is 15.8. The highest BCUT2D eigenvalue weighted by molar-refractivity contribution is 7.99. The molecular formula is C27H25ClN3OP. The fourth-order valence-electron chi connectivity index (χ4n) is 3.89. The summed E-state index contributed by atoms with van der Waals surface area (Å²) in [6.07, 6.45) is 1.71. The van der Waals surface area contributed by atoms with E-state index in [0.29, 0.717) is 5.56 Å². The molecule has 6 heteroatoms. The average molecular weight is 474 g/mol. The largest absolute Gasteiger partial charge is 1.00 e. The van der Waals surface area contributed by atoms with Crippen molar-refractivity contribution < 1.29 is 17.2 Å². The zero-order chi connectivity index (χ0) is 22.2. The molecular weight excluding hydrogens is 449 g/mol. The maximum atomic E-state index is 13.3. The minimum atomic E-state index is -2.47. The van der Waals surface area contributed by atoms with Crippen LogP contribution in [0.25, 0.3) is 0 Å². The van der Waals surface area contributed by atoms with E-state index in [-0.39, 0.29) is 18.3 Å². The number of carbonyl (C=O) groups is 1. The van der Waals surface area contributed by atoms with Crippen LogP contribution < -0.4 is 44.9 Å². The molecule has 4 N–H and O–H groups in total. The fourth-order valence-corrected chi connectivity index (χ4v) is 8.02. The Bertz CT molecular complexity index is 1090. The highest BCUT2D eigenvalue weighted by Gasteiger charge is 2.50.